The standard InChI is InChI=1S/C24H31N3O5S/c1-3-27(4-2)13-7-12-25-19-8-5-6-9-21(19)33(30,31)26-20-11-10-17-18-14-16(18)15-32-23(17)22(20)24(28)29/h5-6,8-11,16,18,25-26H,3-4,7,12-15H2,1-2H3,(H,28,29)/t16-,18-/m1/s1. The van der Waals surface area contributed by atoms with Gasteiger partial charge in [0.1, 0.15) is 16.2 Å². The van der Waals surface area contributed by atoms with Gasteiger partial charge in [0.25, 0.3) is 10.0 Å². The molecule has 1 fully saturated rings. The fraction of sp³-hybridized carbons (Fsp3) is 0.458. The molecule has 178 valence electrons. The number of aromatic carboxylic acids is 1. The Kier molecular flexibility index (Phi) is 6.81. The molecular formula is C24H31N3O5S. The summed E-state index contributed by atoms with van der Waals surface area (Å²) in [7, 11) is -4.03. The van der Waals surface area contributed by atoms with Crippen molar-refractivity contribution in [1.82, 2.24) is 4.90 Å². The van der Waals surface area contributed by atoms with Gasteiger partial charge in [0.2, 0.25) is 0 Å². The Bertz CT molecular complexity index is 1130. The van der Waals surface area contributed by atoms with Gasteiger partial charge in [-0.3, -0.25) is 4.72 Å². The number of carbonyl (C=O) groups is 1. The topological polar surface area (TPSA) is 108 Å². The van der Waals surface area contributed by atoms with Crippen LogP contribution in [-0.2, 0) is 10.0 Å². The summed E-state index contributed by atoms with van der Waals surface area (Å²) in [5, 5.41) is 13.1. The van der Waals surface area contributed by atoms with Gasteiger partial charge >= 0.3 is 5.97 Å². The number of nitrogens with one attached hydrogen (secondary N) is 2. The lowest BCUT2D eigenvalue weighted by molar-refractivity contribution is 0.0692. The van der Waals surface area contributed by atoms with Crippen LogP contribution in [0.1, 0.15) is 48.5 Å². The molecular weight excluding hydrogens is 442 g/mol. The number of carboxylic acid groups (broad SMARTS) is 1. The molecule has 0 unspecified atom stereocenters. The van der Waals surface area contributed by atoms with Crippen LogP contribution in [0.2, 0.25) is 0 Å². The molecule has 2 aromatic rings. The van der Waals surface area contributed by atoms with Gasteiger partial charge in [-0.05, 0) is 62.2 Å². The molecule has 9 heteroatoms. The molecule has 1 aliphatic carbocycles. The smallest absolute Gasteiger partial charge is 0.341 e. The molecule has 8 nitrogen and oxygen atoms in total. The molecule has 1 heterocycles. The Morgan fingerprint density at radius 3 is 2.64 bits per heavy atom. The van der Waals surface area contributed by atoms with E-state index in [0.29, 0.717) is 30.7 Å². The number of ether oxygens (including phenoxy) is 1. The first kappa shape index (κ1) is 23.4. The SMILES string of the molecule is CCN(CC)CCCNc1ccccc1S(=O)(=O)Nc1ccc2c(c1C(=O)O)OC[C@H]1C[C@@H]21. The third-order valence-corrected chi connectivity index (χ3v) is 7.87. The van der Waals surface area contributed by atoms with Crippen LogP contribution in [0.25, 0.3) is 0 Å². The molecule has 33 heavy (non-hydrogen) atoms. The lowest BCUT2D eigenvalue weighted by atomic mass is 10.0. The van der Waals surface area contributed by atoms with Crippen LogP contribution in [0.15, 0.2) is 41.3 Å². The molecule has 0 spiro atoms. The zero-order chi connectivity index (χ0) is 23.6. The van der Waals surface area contributed by atoms with Crippen LogP contribution in [0.4, 0.5) is 11.4 Å². The van der Waals surface area contributed by atoms with Crippen LogP contribution in [0, 0.1) is 5.92 Å². The average molecular weight is 474 g/mol. The molecule has 0 radical (unpaired) electrons. The van der Waals surface area contributed by atoms with Crippen molar-refractivity contribution in [2.24, 2.45) is 5.92 Å². The lowest BCUT2D eigenvalue weighted by Crippen LogP contribution is -2.25. The van der Waals surface area contributed by atoms with Gasteiger partial charge in [0.05, 0.1) is 18.0 Å². The van der Waals surface area contributed by atoms with Crippen molar-refractivity contribution in [3.63, 3.8) is 0 Å². The fourth-order valence-electron chi connectivity index (χ4n) is 4.46. The second-order valence-corrected chi connectivity index (χ2v) is 10.2. The van der Waals surface area contributed by atoms with Crippen LogP contribution >= 0.6 is 0 Å². The molecule has 3 N–H and O–H groups in total. The Hall–Kier alpha value is -2.78. The maximum absolute atomic E-state index is 13.3. The summed E-state index contributed by atoms with van der Waals surface area (Å²) in [6, 6.07) is 9.96. The van der Waals surface area contributed by atoms with Gasteiger partial charge in [-0.25, -0.2) is 13.2 Å². The highest BCUT2D eigenvalue weighted by molar-refractivity contribution is 7.92. The number of rotatable bonds is 11. The number of nitrogens with zero attached hydrogens (tertiary/aromatic N) is 1. The summed E-state index contributed by atoms with van der Waals surface area (Å²) in [4.78, 5) is 14.4. The van der Waals surface area contributed by atoms with E-state index in [1.54, 1.807) is 24.3 Å². The third kappa shape index (κ3) is 4.94. The molecule has 2 aromatic carbocycles. The first-order valence-electron chi connectivity index (χ1n) is 11.5. The van der Waals surface area contributed by atoms with E-state index in [1.165, 1.54) is 12.1 Å². The molecule has 0 amide bonds. The van der Waals surface area contributed by atoms with E-state index >= 15 is 0 Å². The van der Waals surface area contributed by atoms with E-state index < -0.39 is 16.0 Å². The number of benzene rings is 2. The van der Waals surface area contributed by atoms with Crippen LogP contribution in [-0.4, -0.2) is 57.2 Å². The molecule has 0 saturated heterocycles. The van der Waals surface area contributed by atoms with E-state index in [2.05, 4.69) is 28.8 Å². The van der Waals surface area contributed by atoms with Crippen LogP contribution < -0.4 is 14.8 Å². The van der Waals surface area contributed by atoms with E-state index in [9.17, 15) is 18.3 Å². The minimum absolute atomic E-state index is 0.0108. The number of hydrogen-bond acceptors (Lipinski definition) is 6. The third-order valence-electron chi connectivity index (χ3n) is 6.45. The molecule has 0 bridgehead atoms. The number of anilines is 2. The van der Waals surface area contributed by atoms with Crippen LogP contribution in [0.3, 0.4) is 0 Å². The van der Waals surface area contributed by atoms with E-state index in [-0.39, 0.29) is 21.9 Å². The van der Waals surface area contributed by atoms with Gasteiger partial charge in [0.15, 0.2) is 0 Å². The Balaban J connectivity index is 1.55. The van der Waals surface area contributed by atoms with E-state index in [4.69, 9.17) is 4.74 Å². The quantitative estimate of drug-likeness (QED) is 0.426. The zero-order valence-corrected chi connectivity index (χ0v) is 19.8. The predicted molar refractivity (Wildman–Crippen MR) is 128 cm³/mol. The van der Waals surface area contributed by atoms with Crippen molar-refractivity contribution in [3.8, 4) is 5.75 Å². The highest BCUT2D eigenvalue weighted by atomic mass is 32.2. The fourth-order valence-corrected chi connectivity index (χ4v) is 5.72. The molecule has 1 saturated carbocycles. The van der Waals surface area contributed by atoms with Crippen molar-refractivity contribution in [3.05, 3.63) is 47.5 Å². The first-order valence-corrected chi connectivity index (χ1v) is 12.9. The number of sulfonamides is 1. The lowest BCUT2D eigenvalue weighted by Gasteiger charge is -2.21. The maximum atomic E-state index is 13.3. The number of para-hydroxylation sites is 1. The summed E-state index contributed by atoms with van der Waals surface area (Å²) in [6.07, 6.45) is 1.85. The minimum Gasteiger partial charge on any atom is -0.492 e. The number of carboxylic acids is 1. The minimum atomic E-state index is -4.03. The highest BCUT2D eigenvalue weighted by Crippen LogP contribution is 2.55. The van der Waals surface area contributed by atoms with Gasteiger partial charge in [-0.2, -0.15) is 0 Å². The Morgan fingerprint density at radius 1 is 1.15 bits per heavy atom. The van der Waals surface area contributed by atoms with E-state index in [1.807, 2.05) is 0 Å². The summed E-state index contributed by atoms with van der Waals surface area (Å²) in [6.45, 7) is 8.20. The summed E-state index contributed by atoms with van der Waals surface area (Å²) in [5.74, 6) is -0.198. The Labute approximate surface area is 195 Å². The molecule has 4 rings (SSSR count). The normalized spacial score (nSPS) is 18.8. The summed E-state index contributed by atoms with van der Waals surface area (Å²) < 4.78 is 34.8. The summed E-state index contributed by atoms with van der Waals surface area (Å²) >= 11 is 0. The predicted octanol–water partition coefficient (Wildman–Crippen LogP) is 3.83. The number of hydrogen-bond donors (Lipinski definition) is 3. The molecule has 2 aliphatic rings. The van der Waals surface area contributed by atoms with Gasteiger partial charge in [-0.15, -0.1) is 0 Å². The first-order chi connectivity index (χ1) is 15.9. The van der Waals surface area contributed by atoms with Gasteiger partial charge in [0, 0.05) is 12.5 Å². The maximum Gasteiger partial charge on any atom is 0.341 e. The molecule has 0 aromatic heterocycles. The van der Waals surface area contributed by atoms with Crippen molar-refractivity contribution in [2.75, 3.05) is 42.8 Å². The van der Waals surface area contributed by atoms with Crippen molar-refractivity contribution in [2.45, 2.75) is 37.5 Å². The van der Waals surface area contributed by atoms with E-state index in [0.717, 1.165) is 38.0 Å². The number of fused-ring (bicyclic) bond motifs is 3. The van der Waals surface area contributed by atoms with Crippen molar-refractivity contribution < 1.29 is 23.1 Å². The molecule has 2 atom stereocenters. The summed E-state index contributed by atoms with van der Waals surface area (Å²) in [5.41, 5.74) is 1.21. The zero-order valence-electron chi connectivity index (χ0n) is 19.0. The monoisotopic (exact) mass is 473 g/mol. The second kappa shape index (κ2) is 9.61. The van der Waals surface area contributed by atoms with Crippen molar-refractivity contribution >= 4 is 27.4 Å². The molecule has 1 aliphatic heterocycles. The highest BCUT2D eigenvalue weighted by Gasteiger charge is 2.45. The second-order valence-electron chi connectivity index (χ2n) is 8.53. The van der Waals surface area contributed by atoms with Gasteiger partial charge < -0.3 is 20.1 Å². The van der Waals surface area contributed by atoms with Crippen molar-refractivity contribution in [1.29, 1.82) is 0 Å². The Morgan fingerprint density at radius 2 is 1.91 bits per heavy atom. The van der Waals surface area contributed by atoms with Gasteiger partial charge in [-0.1, -0.05) is 32.0 Å². The average Bonchev–Trinajstić information content (AvgIpc) is 3.59. The largest absolute Gasteiger partial charge is 0.492 e. The van der Waals surface area contributed by atoms with Crippen LogP contribution in [0.5, 0.6) is 5.75 Å².